The molecule has 0 unspecified atom stereocenters. The molecule has 0 radical (unpaired) electrons. The first-order chi connectivity index (χ1) is 8.24. The number of rotatable bonds is 4. The summed E-state index contributed by atoms with van der Waals surface area (Å²) in [5.74, 6) is -3.34. The van der Waals surface area contributed by atoms with Crippen LogP contribution in [0.5, 0.6) is 11.5 Å². The van der Waals surface area contributed by atoms with E-state index in [1.807, 2.05) is 0 Å². The molecule has 18 heavy (non-hydrogen) atoms. The summed E-state index contributed by atoms with van der Waals surface area (Å²) in [5.41, 5.74) is -0.825. The molecule has 1 aromatic heterocycles. The molecule has 0 atom stereocenters. The second kappa shape index (κ2) is 5.30. The van der Waals surface area contributed by atoms with Crippen molar-refractivity contribution in [3.8, 4) is 11.5 Å². The van der Waals surface area contributed by atoms with Gasteiger partial charge in [0, 0.05) is 0 Å². The van der Waals surface area contributed by atoms with Gasteiger partial charge in [0.2, 0.25) is 0 Å². The van der Waals surface area contributed by atoms with Crippen LogP contribution in [-0.4, -0.2) is 27.5 Å². The minimum Gasteiger partial charge on any atom is -0.506 e. The summed E-state index contributed by atoms with van der Waals surface area (Å²) in [6.07, 6.45) is -5.00. The van der Waals surface area contributed by atoms with E-state index in [9.17, 15) is 23.1 Å². The highest BCUT2D eigenvalue weighted by Gasteiger charge is 2.34. The number of hydrogen-bond acceptors (Lipinski definition) is 4. The molecule has 100 valence electrons. The number of aliphatic carboxylic acids is 1. The quantitative estimate of drug-likeness (QED) is 0.828. The van der Waals surface area contributed by atoms with Crippen molar-refractivity contribution < 1.29 is 32.9 Å². The Hall–Kier alpha value is -1.70. The van der Waals surface area contributed by atoms with E-state index in [0.717, 1.165) is 6.20 Å². The average molecular weight is 286 g/mol. The highest BCUT2D eigenvalue weighted by molar-refractivity contribution is 6.17. The summed E-state index contributed by atoms with van der Waals surface area (Å²) >= 11 is 5.39. The highest BCUT2D eigenvalue weighted by Crippen LogP contribution is 2.35. The van der Waals surface area contributed by atoms with Crippen LogP contribution in [0.15, 0.2) is 6.20 Å². The predicted molar refractivity (Wildman–Crippen MR) is 53.5 cm³/mol. The molecular weight excluding hydrogens is 279 g/mol. The van der Waals surface area contributed by atoms with Crippen LogP contribution >= 0.6 is 11.6 Å². The lowest BCUT2D eigenvalue weighted by atomic mass is 10.1. The van der Waals surface area contributed by atoms with Crippen LogP contribution in [-0.2, 0) is 17.1 Å². The highest BCUT2D eigenvalue weighted by atomic mass is 35.5. The van der Waals surface area contributed by atoms with Crippen molar-refractivity contribution in [2.24, 2.45) is 0 Å². The fraction of sp³-hybridized carbons (Fsp3) is 0.333. The van der Waals surface area contributed by atoms with Crippen molar-refractivity contribution in [1.82, 2.24) is 4.98 Å². The lowest BCUT2D eigenvalue weighted by Gasteiger charge is -2.15. The molecule has 9 heteroatoms. The van der Waals surface area contributed by atoms with E-state index in [4.69, 9.17) is 16.7 Å². The van der Waals surface area contributed by atoms with Gasteiger partial charge < -0.3 is 14.9 Å². The molecule has 1 rings (SSSR count). The van der Waals surface area contributed by atoms with Crippen molar-refractivity contribution in [3.63, 3.8) is 0 Å². The lowest BCUT2D eigenvalue weighted by Crippen LogP contribution is -2.20. The van der Waals surface area contributed by atoms with Crippen molar-refractivity contribution in [2.75, 3.05) is 0 Å². The zero-order chi connectivity index (χ0) is 13.9. The van der Waals surface area contributed by atoms with Crippen LogP contribution in [0.2, 0.25) is 0 Å². The van der Waals surface area contributed by atoms with Crippen LogP contribution in [0.4, 0.5) is 13.2 Å². The monoisotopic (exact) mass is 285 g/mol. The Morgan fingerprint density at radius 2 is 2.11 bits per heavy atom. The van der Waals surface area contributed by atoms with Gasteiger partial charge in [-0.25, -0.2) is 0 Å². The summed E-state index contributed by atoms with van der Waals surface area (Å²) in [4.78, 5) is 13.9. The molecular formula is C9H7ClF3NO4. The van der Waals surface area contributed by atoms with E-state index < -0.39 is 41.8 Å². The van der Waals surface area contributed by atoms with Gasteiger partial charge in [-0.2, -0.15) is 0 Å². The Labute approximate surface area is 104 Å². The average Bonchev–Trinajstić information content (AvgIpc) is 2.20. The van der Waals surface area contributed by atoms with E-state index in [1.165, 1.54) is 0 Å². The maximum absolute atomic E-state index is 12.2. The number of aromatic nitrogens is 1. The van der Waals surface area contributed by atoms with Crippen LogP contribution in [0.25, 0.3) is 0 Å². The zero-order valence-electron chi connectivity index (χ0n) is 8.66. The van der Waals surface area contributed by atoms with E-state index >= 15 is 0 Å². The maximum atomic E-state index is 12.2. The Kier molecular flexibility index (Phi) is 4.23. The molecule has 0 aliphatic rings. The van der Waals surface area contributed by atoms with E-state index in [1.54, 1.807) is 0 Å². The van der Waals surface area contributed by atoms with Gasteiger partial charge in [-0.3, -0.25) is 9.78 Å². The Balaban J connectivity index is 3.29. The SMILES string of the molecule is O=C(O)Cc1ncc(O)c(CCl)c1OC(F)(F)F. The topological polar surface area (TPSA) is 79.7 Å². The molecule has 0 saturated heterocycles. The van der Waals surface area contributed by atoms with E-state index in [-0.39, 0.29) is 5.56 Å². The third-order valence-corrected chi connectivity index (χ3v) is 2.13. The third kappa shape index (κ3) is 3.66. The normalized spacial score (nSPS) is 11.3. The molecule has 1 heterocycles. The van der Waals surface area contributed by atoms with Gasteiger partial charge >= 0.3 is 12.3 Å². The van der Waals surface area contributed by atoms with Gasteiger partial charge in [0.1, 0.15) is 5.75 Å². The Morgan fingerprint density at radius 1 is 1.50 bits per heavy atom. The minimum atomic E-state index is -5.04. The smallest absolute Gasteiger partial charge is 0.506 e. The number of carboxylic acid groups (broad SMARTS) is 1. The molecule has 5 nitrogen and oxygen atoms in total. The number of aromatic hydroxyl groups is 1. The first-order valence-corrected chi connectivity index (χ1v) is 5.01. The van der Waals surface area contributed by atoms with E-state index in [0.29, 0.717) is 0 Å². The van der Waals surface area contributed by atoms with Gasteiger partial charge in [0.05, 0.1) is 29.8 Å². The summed E-state index contributed by atoms with van der Waals surface area (Å²) in [5, 5.41) is 17.9. The number of carbonyl (C=O) groups is 1. The first-order valence-electron chi connectivity index (χ1n) is 4.47. The molecule has 0 amide bonds. The number of hydrogen-bond donors (Lipinski definition) is 2. The van der Waals surface area contributed by atoms with Crippen LogP contribution in [0.3, 0.4) is 0 Å². The second-order valence-corrected chi connectivity index (χ2v) is 3.42. The number of halogens is 4. The molecule has 0 bridgehead atoms. The number of alkyl halides is 4. The molecule has 0 saturated carbocycles. The van der Waals surface area contributed by atoms with Gasteiger partial charge in [0.15, 0.2) is 5.75 Å². The Bertz CT molecular complexity index is 464. The first kappa shape index (κ1) is 14.4. The van der Waals surface area contributed by atoms with E-state index in [2.05, 4.69) is 9.72 Å². The van der Waals surface area contributed by atoms with Crippen LogP contribution in [0, 0.1) is 0 Å². The molecule has 0 aliphatic carbocycles. The van der Waals surface area contributed by atoms with Gasteiger partial charge in [0.25, 0.3) is 0 Å². The largest absolute Gasteiger partial charge is 0.573 e. The van der Waals surface area contributed by atoms with Crippen LogP contribution < -0.4 is 4.74 Å². The molecule has 0 aliphatic heterocycles. The summed E-state index contributed by atoms with van der Waals surface area (Å²) in [6, 6.07) is 0. The van der Waals surface area contributed by atoms with Crippen LogP contribution in [0.1, 0.15) is 11.3 Å². The summed E-state index contributed by atoms with van der Waals surface area (Å²) in [6.45, 7) is 0. The molecule has 1 aromatic rings. The zero-order valence-corrected chi connectivity index (χ0v) is 9.42. The standard InChI is InChI=1S/C9H7ClF3NO4/c10-2-4-6(15)3-14-5(1-7(16)17)8(4)18-9(11,12)13/h3,15H,1-2H2,(H,16,17). The van der Waals surface area contributed by atoms with Crippen molar-refractivity contribution >= 4 is 17.6 Å². The predicted octanol–water partition coefficient (Wildman–Crippen LogP) is 2.05. The molecule has 0 fully saturated rings. The number of pyridine rings is 1. The molecule has 2 N–H and O–H groups in total. The third-order valence-electron chi connectivity index (χ3n) is 1.86. The summed E-state index contributed by atoms with van der Waals surface area (Å²) < 4.78 is 40.2. The maximum Gasteiger partial charge on any atom is 0.573 e. The second-order valence-electron chi connectivity index (χ2n) is 3.15. The molecule has 0 aromatic carbocycles. The van der Waals surface area contributed by atoms with Crippen molar-refractivity contribution in [2.45, 2.75) is 18.7 Å². The molecule has 0 spiro atoms. The van der Waals surface area contributed by atoms with Gasteiger partial charge in [-0.1, -0.05) is 0 Å². The van der Waals surface area contributed by atoms with Crippen molar-refractivity contribution in [1.29, 1.82) is 0 Å². The lowest BCUT2D eigenvalue weighted by molar-refractivity contribution is -0.275. The Morgan fingerprint density at radius 3 is 2.56 bits per heavy atom. The fourth-order valence-electron chi connectivity index (χ4n) is 1.20. The summed E-state index contributed by atoms with van der Waals surface area (Å²) in [7, 11) is 0. The fourth-order valence-corrected chi connectivity index (χ4v) is 1.46. The number of ether oxygens (including phenoxy) is 1. The van der Waals surface area contributed by atoms with Crippen molar-refractivity contribution in [3.05, 3.63) is 17.5 Å². The van der Waals surface area contributed by atoms with Gasteiger partial charge in [-0.05, 0) is 0 Å². The number of carboxylic acids is 1. The minimum absolute atomic E-state index is 0.361. The number of nitrogens with zero attached hydrogens (tertiary/aromatic N) is 1. The van der Waals surface area contributed by atoms with Gasteiger partial charge in [-0.15, -0.1) is 24.8 Å².